The number of rotatable bonds is 7. The molecule has 5 rings (SSSR count). The first-order valence-corrected chi connectivity index (χ1v) is 12.4. The van der Waals surface area contributed by atoms with E-state index in [1.807, 2.05) is 75.6 Å². The van der Waals surface area contributed by atoms with Crippen LogP contribution in [0.15, 0.2) is 65.3 Å². The summed E-state index contributed by atoms with van der Waals surface area (Å²) in [6, 6.07) is 17.5. The van der Waals surface area contributed by atoms with Crippen LogP contribution in [0.4, 0.5) is 5.69 Å². The summed E-state index contributed by atoms with van der Waals surface area (Å²) in [5, 5.41) is 2.64. The van der Waals surface area contributed by atoms with Crippen molar-refractivity contribution in [3.05, 3.63) is 77.6 Å². The van der Waals surface area contributed by atoms with Crippen LogP contribution in [0.1, 0.15) is 42.3 Å². The van der Waals surface area contributed by atoms with Gasteiger partial charge in [0, 0.05) is 34.0 Å². The van der Waals surface area contributed by atoms with Crippen LogP contribution in [0, 0.1) is 6.92 Å². The first kappa shape index (κ1) is 24.6. The van der Waals surface area contributed by atoms with Crippen LogP contribution in [-0.4, -0.2) is 40.9 Å². The Kier molecular flexibility index (Phi) is 6.04. The van der Waals surface area contributed by atoms with Crippen molar-refractivity contribution in [1.29, 1.82) is 0 Å². The summed E-state index contributed by atoms with van der Waals surface area (Å²) < 4.78 is 8.24. The SMILES string of the molecule is CCn1c2ccc(C(=O)c3ccccc3C)cc2c2c3occ(NOC(=O)C(C)(C)N(C)C)c3ccc21. The van der Waals surface area contributed by atoms with Crippen molar-refractivity contribution in [2.45, 2.75) is 39.8 Å². The van der Waals surface area contributed by atoms with Crippen molar-refractivity contribution in [2.75, 3.05) is 19.6 Å². The quantitative estimate of drug-likeness (QED) is 0.210. The predicted octanol–water partition coefficient (Wildman–Crippen LogP) is 6.31. The summed E-state index contributed by atoms with van der Waals surface area (Å²) in [5.41, 5.74) is 7.51. The molecule has 0 radical (unpaired) electrons. The highest BCUT2D eigenvalue weighted by Crippen LogP contribution is 2.39. The summed E-state index contributed by atoms with van der Waals surface area (Å²) in [6.07, 6.45) is 1.55. The van der Waals surface area contributed by atoms with E-state index in [-0.39, 0.29) is 5.78 Å². The van der Waals surface area contributed by atoms with Gasteiger partial charge >= 0.3 is 5.97 Å². The van der Waals surface area contributed by atoms with E-state index in [2.05, 4.69) is 17.0 Å². The van der Waals surface area contributed by atoms with Gasteiger partial charge in [0.25, 0.3) is 0 Å². The van der Waals surface area contributed by atoms with E-state index in [0.717, 1.165) is 39.3 Å². The van der Waals surface area contributed by atoms with Crippen molar-refractivity contribution in [3.8, 4) is 0 Å². The lowest BCUT2D eigenvalue weighted by atomic mass is 9.97. The summed E-state index contributed by atoms with van der Waals surface area (Å²) in [6.45, 7) is 8.39. The third-order valence-electron chi connectivity index (χ3n) is 7.41. The number of anilines is 1. The van der Waals surface area contributed by atoms with Crippen LogP contribution in [0.3, 0.4) is 0 Å². The van der Waals surface area contributed by atoms with Gasteiger partial charge in [-0.3, -0.25) is 9.69 Å². The number of aromatic nitrogens is 1. The molecule has 0 bridgehead atoms. The number of carbonyl (C=O) groups excluding carboxylic acids is 2. The molecule has 0 unspecified atom stereocenters. The molecule has 0 saturated heterocycles. The Morgan fingerprint density at radius 1 is 1.03 bits per heavy atom. The minimum atomic E-state index is -0.797. The zero-order valence-corrected chi connectivity index (χ0v) is 22.0. The first-order chi connectivity index (χ1) is 17.6. The fourth-order valence-electron chi connectivity index (χ4n) is 4.63. The molecule has 0 aliphatic heterocycles. The van der Waals surface area contributed by atoms with E-state index in [9.17, 15) is 9.59 Å². The van der Waals surface area contributed by atoms with Crippen molar-refractivity contribution in [2.24, 2.45) is 0 Å². The van der Waals surface area contributed by atoms with Crippen molar-refractivity contribution in [3.63, 3.8) is 0 Å². The number of hydrogen-bond acceptors (Lipinski definition) is 6. The fourth-order valence-corrected chi connectivity index (χ4v) is 4.63. The molecule has 2 aromatic heterocycles. The molecule has 1 N–H and O–H groups in total. The topological polar surface area (TPSA) is 76.7 Å². The Morgan fingerprint density at radius 3 is 2.46 bits per heavy atom. The molecule has 0 amide bonds. The minimum absolute atomic E-state index is 0.0122. The monoisotopic (exact) mass is 497 g/mol. The Labute approximate surface area is 215 Å². The molecular formula is C30H31N3O4. The maximum atomic E-state index is 13.4. The van der Waals surface area contributed by atoms with Gasteiger partial charge < -0.3 is 13.8 Å². The zero-order valence-electron chi connectivity index (χ0n) is 22.0. The van der Waals surface area contributed by atoms with Gasteiger partial charge in [0.15, 0.2) is 5.78 Å². The largest absolute Gasteiger partial charge is 0.461 e. The van der Waals surface area contributed by atoms with E-state index < -0.39 is 11.5 Å². The van der Waals surface area contributed by atoms with Gasteiger partial charge in [-0.1, -0.05) is 24.3 Å². The number of furan rings is 1. The highest BCUT2D eigenvalue weighted by atomic mass is 16.7. The third kappa shape index (κ3) is 3.96. The number of benzene rings is 3. The van der Waals surface area contributed by atoms with Gasteiger partial charge in [-0.25, -0.2) is 10.3 Å². The van der Waals surface area contributed by atoms with Crippen molar-refractivity contribution >= 4 is 50.2 Å². The average molecular weight is 498 g/mol. The van der Waals surface area contributed by atoms with Gasteiger partial charge in [0.2, 0.25) is 0 Å². The second-order valence-electron chi connectivity index (χ2n) is 10.1. The Hall–Kier alpha value is -4.10. The van der Waals surface area contributed by atoms with Crippen molar-refractivity contribution in [1.82, 2.24) is 9.47 Å². The summed E-state index contributed by atoms with van der Waals surface area (Å²) in [4.78, 5) is 33.2. The molecule has 0 fully saturated rings. The van der Waals surface area contributed by atoms with Gasteiger partial charge in [-0.15, -0.1) is 0 Å². The molecule has 2 heterocycles. The lowest BCUT2D eigenvalue weighted by Gasteiger charge is -2.29. The van der Waals surface area contributed by atoms with Crippen LogP contribution in [0.25, 0.3) is 32.8 Å². The number of hydrogen-bond donors (Lipinski definition) is 1. The molecule has 37 heavy (non-hydrogen) atoms. The third-order valence-corrected chi connectivity index (χ3v) is 7.41. The second kappa shape index (κ2) is 9.09. The predicted molar refractivity (Wildman–Crippen MR) is 147 cm³/mol. The highest BCUT2D eigenvalue weighted by Gasteiger charge is 2.32. The van der Waals surface area contributed by atoms with Gasteiger partial charge in [-0.2, -0.15) is 0 Å². The maximum Gasteiger partial charge on any atom is 0.351 e. The van der Waals surface area contributed by atoms with E-state index in [1.54, 1.807) is 25.0 Å². The second-order valence-corrected chi connectivity index (χ2v) is 10.1. The molecule has 0 saturated carbocycles. The van der Waals surface area contributed by atoms with E-state index in [1.165, 1.54) is 0 Å². The minimum Gasteiger partial charge on any atom is -0.461 e. The summed E-state index contributed by atoms with van der Waals surface area (Å²) in [7, 11) is 3.65. The molecule has 7 heteroatoms. The molecule has 0 atom stereocenters. The number of likely N-dealkylation sites (N-methyl/N-ethyl adjacent to an activating group) is 1. The lowest BCUT2D eigenvalue weighted by molar-refractivity contribution is -0.151. The molecule has 7 nitrogen and oxygen atoms in total. The van der Waals surface area contributed by atoms with Crippen molar-refractivity contribution < 1.29 is 18.8 Å². The van der Waals surface area contributed by atoms with E-state index in [4.69, 9.17) is 9.25 Å². The normalized spacial score (nSPS) is 12.1. The fraction of sp³-hybridized carbons (Fsp3) is 0.267. The lowest BCUT2D eigenvalue weighted by Crippen LogP contribution is -2.47. The average Bonchev–Trinajstić information content (AvgIpc) is 3.44. The van der Waals surface area contributed by atoms with E-state index >= 15 is 0 Å². The smallest absolute Gasteiger partial charge is 0.351 e. The molecule has 0 aliphatic carbocycles. The molecule has 0 aliphatic rings. The van der Waals surface area contributed by atoms with Crippen LogP contribution < -0.4 is 5.48 Å². The van der Waals surface area contributed by atoms with Crippen LogP contribution in [-0.2, 0) is 16.2 Å². The molecule has 0 spiro atoms. The number of carbonyl (C=O) groups is 2. The van der Waals surface area contributed by atoms with E-state index in [0.29, 0.717) is 22.4 Å². The Morgan fingerprint density at radius 2 is 1.76 bits per heavy atom. The van der Waals surface area contributed by atoms with Gasteiger partial charge in [-0.05, 0) is 77.7 Å². The molecule has 190 valence electrons. The number of nitrogens with one attached hydrogen (secondary N) is 1. The number of ketones is 1. The van der Waals surface area contributed by atoms with Crippen LogP contribution in [0.5, 0.6) is 0 Å². The van der Waals surface area contributed by atoms with Crippen LogP contribution >= 0.6 is 0 Å². The standard InChI is InChI=1S/C30H31N3O4/c1-7-33-24-14-12-19(27(34)20-11-9-8-10-18(20)2)16-22(24)26-25(33)15-13-21-23(17-36-28(21)26)31-37-29(35)30(3,4)32(5)6/h8-17,31H,7H2,1-6H3. The summed E-state index contributed by atoms with van der Waals surface area (Å²) >= 11 is 0. The summed E-state index contributed by atoms with van der Waals surface area (Å²) in [5.74, 6) is -0.420. The first-order valence-electron chi connectivity index (χ1n) is 12.4. The number of fused-ring (bicyclic) bond motifs is 5. The molecule has 5 aromatic rings. The number of nitrogens with zero attached hydrogens (tertiary/aromatic N) is 2. The Bertz CT molecular complexity index is 1670. The zero-order chi connectivity index (χ0) is 26.5. The maximum absolute atomic E-state index is 13.4. The number of aryl methyl sites for hydroxylation is 2. The highest BCUT2D eigenvalue weighted by molar-refractivity contribution is 6.22. The molecular weight excluding hydrogens is 466 g/mol. The van der Waals surface area contributed by atoms with Crippen LogP contribution in [0.2, 0.25) is 0 Å². The van der Waals surface area contributed by atoms with Gasteiger partial charge in [0.1, 0.15) is 23.1 Å². The van der Waals surface area contributed by atoms with Gasteiger partial charge in [0.05, 0.1) is 10.9 Å². The molecule has 3 aromatic carbocycles. The Balaban J connectivity index is 1.61.